The highest BCUT2D eigenvalue weighted by Crippen LogP contribution is 2.31. The molecule has 122 valence electrons. The van der Waals surface area contributed by atoms with Crippen LogP contribution in [0.25, 0.3) is 0 Å². The van der Waals surface area contributed by atoms with Gasteiger partial charge in [-0.15, -0.1) is 0 Å². The van der Waals surface area contributed by atoms with Crippen molar-refractivity contribution in [3.8, 4) is 0 Å². The third-order valence-electron chi connectivity index (χ3n) is 4.12. The average molecular weight is 317 g/mol. The lowest BCUT2D eigenvalue weighted by molar-refractivity contribution is 0.0595. The molecule has 1 aliphatic heterocycles. The lowest BCUT2D eigenvalue weighted by Gasteiger charge is -2.34. The van der Waals surface area contributed by atoms with Gasteiger partial charge in [0.2, 0.25) is 0 Å². The third-order valence-corrected chi connectivity index (χ3v) is 4.12. The number of amides is 1. The van der Waals surface area contributed by atoms with E-state index in [4.69, 9.17) is 0 Å². The van der Waals surface area contributed by atoms with Gasteiger partial charge in [-0.1, -0.05) is 13.8 Å². The third kappa shape index (κ3) is 3.09. The molecule has 0 spiro atoms. The summed E-state index contributed by atoms with van der Waals surface area (Å²) in [5, 5.41) is 7.16. The van der Waals surface area contributed by atoms with Crippen LogP contribution in [0, 0.1) is 5.82 Å². The first-order valence-corrected chi connectivity index (χ1v) is 7.90. The van der Waals surface area contributed by atoms with Crippen LogP contribution >= 0.6 is 0 Å². The number of aromatic nitrogens is 4. The summed E-state index contributed by atoms with van der Waals surface area (Å²) < 4.78 is 13.9. The summed E-state index contributed by atoms with van der Waals surface area (Å²) in [5.41, 5.74) is 0.0514. The molecule has 1 atom stereocenters. The lowest BCUT2D eigenvalue weighted by Crippen LogP contribution is -2.39. The van der Waals surface area contributed by atoms with Gasteiger partial charge in [-0.2, -0.15) is 5.10 Å². The summed E-state index contributed by atoms with van der Waals surface area (Å²) in [4.78, 5) is 22.6. The molecule has 3 rings (SSSR count). The van der Waals surface area contributed by atoms with Crippen LogP contribution in [-0.2, 0) is 0 Å². The number of nitrogens with one attached hydrogen (secondary N) is 1. The zero-order chi connectivity index (χ0) is 16.4. The highest BCUT2D eigenvalue weighted by molar-refractivity contribution is 5.94. The van der Waals surface area contributed by atoms with E-state index >= 15 is 0 Å². The maximum atomic E-state index is 13.9. The normalized spacial score (nSPS) is 18.4. The Labute approximate surface area is 134 Å². The molecular formula is C16H20FN5O. The number of carbonyl (C=O) groups excluding carboxylic acids is 1. The highest BCUT2D eigenvalue weighted by atomic mass is 19.1. The van der Waals surface area contributed by atoms with Gasteiger partial charge < -0.3 is 4.90 Å². The predicted molar refractivity (Wildman–Crippen MR) is 82.3 cm³/mol. The van der Waals surface area contributed by atoms with E-state index in [1.807, 2.05) is 13.8 Å². The molecule has 7 heteroatoms. The zero-order valence-corrected chi connectivity index (χ0v) is 13.3. The van der Waals surface area contributed by atoms with Crippen LogP contribution in [0.1, 0.15) is 67.1 Å². The van der Waals surface area contributed by atoms with Crippen LogP contribution in [0.3, 0.4) is 0 Å². The maximum absolute atomic E-state index is 13.9. The molecular weight excluding hydrogens is 297 g/mol. The van der Waals surface area contributed by atoms with Crippen molar-refractivity contribution < 1.29 is 9.18 Å². The number of rotatable bonds is 3. The Hall–Kier alpha value is -2.31. The maximum Gasteiger partial charge on any atom is 0.257 e. The fourth-order valence-electron chi connectivity index (χ4n) is 2.86. The van der Waals surface area contributed by atoms with Crippen molar-refractivity contribution in [1.82, 2.24) is 25.1 Å². The zero-order valence-electron chi connectivity index (χ0n) is 13.3. The second-order valence-corrected chi connectivity index (χ2v) is 6.10. The molecule has 6 nitrogen and oxygen atoms in total. The van der Waals surface area contributed by atoms with Crippen molar-refractivity contribution in [2.45, 2.75) is 45.1 Å². The molecule has 1 fully saturated rings. The SMILES string of the molecule is CC(C)c1n[nH]c(C2CCCCN2C(=O)c2ccncc2F)n1. The van der Waals surface area contributed by atoms with Crippen molar-refractivity contribution in [2.75, 3.05) is 6.54 Å². The second-order valence-electron chi connectivity index (χ2n) is 6.10. The minimum absolute atomic E-state index is 0.0514. The monoisotopic (exact) mass is 317 g/mol. The summed E-state index contributed by atoms with van der Waals surface area (Å²) in [6.45, 7) is 4.62. The Morgan fingerprint density at radius 3 is 2.96 bits per heavy atom. The van der Waals surface area contributed by atoms with E-state index in [2.05, 4.69) is 20.2 Å². The number of hydrogen-bond donors (Lipinski definition) is 1. The van der Waals surface area contributed by atoms with Crippen LogP contribution in [0.4, 0.5) is 4.39 Å². The Bertz CT molecular complexity index is 699. The molecule has 0 saturated carbocycles. The van der Waals surface area contributed by atoms with Crippen LogP contribution in [0.2, 0.25) is 0 Å². The number of H-pyrrole nitrogens is 1. The van der Waals surface area contributed by atoms with Gasteiger partial charge in [-0.3, -0.25) is 14.9 Å². The van der Waals surface area contributed by atoms with Gasteiger partial charge in [0.05, 0.1) is 17.8 Å². The Morgan fingerprint density at radius 1 is 1.43 bits per heavy atom. The van der Waals surface area contributed by atoms with E-state index < -0.39 is 5.82 Å². The van der Waals surface area contributed by atoms with Crippen molar-refractivity contribution in [3.05, 3.63) is 41.5 Å². The molecule has 3 heterocycles. The molecule has 23 heavy (non-hydrogen) atoms. The van der Waals surface area contributed by atoms with Gasteiger partial charge in [-0.25, -0.2) is 9.37 Å². The average Bonchev–Trinajstić information content (AvgIpc) is 3.05. The van der Waals surface area contributed by atoms with Crippen LogP contribution in [0.15, 0.2) is 18.5 Å². The smallest absolute Gasteiger partial charge is 0.257 e. The highest BCUT2D eigenvalue weighted by Gasteiger charge is 2.32. The van der Waals surface area contributed by atoms with Crippen molar-refractivity contribution in [1.29, 1.82) is 0 Å². The van der Waals surface area contributed by atoms with E-state index in [0.717, 1.165) is 31.3 Å². The number of halogens is 1. The molecule has 1 amide bonds. The van der Waals surface area contributed by atoms with Crippen LogP contribution in [-0.4, -0.2) is 37.5 Å². The Kier molecular flexibility index (Phi) is 4.36. The fourth-order valence-corrected chi connectivity index (χ4v) is 2.86. The molecule has 0 radical (unpaired) electrons. The van der Waals surface area contributed by atoms with Gasteiger partial charge in [0, 0.05) is 18.7 Å². The Balaban J connectivity index is 1.89. The molecule has 1 N–H and O–H groups in total. The van der Waals surface area contributed by atoms with Gasteiger partial charge in [0.25, 0.3) is 5.91 Å². The summed E-state index contributed by atoms with van der Waals surface area (Å²) in [6.07, 6.45) is 5.20. The number of pyridine rings is 1. The molecule has 0 aliphatic carbocycles. The quantitative estimate of drug-likeness (QED) is 0.944. The van der Waals surface area contributed by atoms with E-state index in [1.165, 1.54) is 12.3 Å². The first-order chi connectivity index (χ1) is 11.1. The first kappa shape index (κ1) is 15.6. The molecule has 1 aliphatic rings. The summed E-state index contributed by atoms with van der Waals surface area (Å²) in [7, 11) is 0. The number of likely N-dealkylation sites (tertiary alicyclic amines) is 1. The first-order valence-electron chi connectivity index (χ1n) is 7.90. The molecule has 2 aromatic rings. The van der Waals surface area contributed by atoms with Crippen molar-refractivity contribution in [3.63, 3.8) is 0 Å². The second kappa shape index (κ2) is 6.44. The predicted octanol–water partition coefficient (Wildman–Crippen LogP) is 2.83. The van der Waals surface area contributed by atoms with Gasteiger partial charge in [-0.05, 0) is 25.3 Å². The molecule has 1 unspecified atom stereocenters. The molecule has 1 saturated heterocycles. The minimum atomic E-state index is -0.595. The van der Waals surface area contributed by atoms with E-state index in [0.29, 0.717) is 12.4 Å². The fraction of sp³-hybridized carbons (Fsp3) is 0.500. The number of hydrogen-bond acceptors (Lipinski definition) is 4. The topological polar surface area (TPSA) is 74.8 Å². The number of carbonyl (C=O) groups is 1. The molecule has 0 aromatic carbocycles. The standard InChI is InChI=1S/C16H20FN5O/c1-10(2)14-19-15(21-20-14)13-5-3-4-8-22(13)16(23)11-6-7-18-9-12(11)17/h6-7,9-10,13H,3-5,8H2,1-2H3,(H,19,20,21). The lowest BCUT2D eigenvalue weighted by atomic mass is 10.00. The van der Waals surface area contributed by atoms with Crippen molar-refractivity contribution >= 4 is 5.91 Å². The summed E-state index contributed by atoms with van der Waals surface area (Å²) >= 11 is 0. The van der Waals surface area contributed by atoms with Crippen molar-refractivity contribution in [2.24, 2.45) is 0 Å². The van der Waals surface area contributed by atoms with Gasteiger partial charge >= 0.3 is 0 Å². The molecule has 0 bridgehead atoms. The van der Waals surface area contributed by atoms with E-state index in [-0.39, 0.29) is 23.4 Å². The van der Waals surface area contributed by atoms with E-state index in [9.17, 15) is 9.18 Å². The number of piperidine rings is 1. The minimum Gasteiger partial charge on any atom is -0.328 e. The number of aromatic amines is 1. The Morgan fingerprint density at radius 2 is 2.26 bits per heavy atom. The summed E-state index contributed by atoms with van der Waals surface area (Å²) in [5.74, 6) is 0.703. The largest absolute Gasteiger partial charge is 0.328 e. The van der Waals surface area contributed by atoms with Crippen LogP contribution in [0.5, 0.6) is 0 Å². The molecule has 2 aromatic heterocycles. The van der Waals surface area contributed by atoms with E-state index in [1.54, 1.807) is 4.90 Å². The van der Waals surface area contributed by atoms with Gasteiger partial charge in [0.1, 0.15) is 5.82 Å². The van der Waals surface area contributed by atoms with Crippen LogP contribution < -0.4 is 0 Å². The number of nitrogens with zero attached hydrogens (tertiary/aromatic N) is 4. The van der Waals surface area contributed by atoms with Gasteiger partial charge in [0.15, 0.2) is 11.6 Å². The summed E-state index contributed by atoms with van der Waals surface area (Å²) in [6, 6.07) is 1.23.